The molecule has 3 aromatic carbocycles. The number of benzene rings is 3. The Labute approximate surface area is 188 Å². The van der Waals surface area contributed by atoms with Crippen LogP contribution in [0.15, 0.2) is 60.7 Å². The molecule has 0 fully saturated rings. The van der Waals surface area contributed by atoms with E-state index in [2.05, 4.69) is 116 Å². The lowest BCUT2D eigenvalue weighted by molar-refractivity contribution is -0.797. The topological polar surface area (TPSA) is 0 Å². The normalized spacial score (nSPS) is 18.1. The monoisotopic (exact) mass is 409 g/mol. The van der Waals surface area contributed by atoms with Crippen LogP contribution in [0.5, 0.6) is 0 Å². The average Bonchev–Trinajstić information content (AvgIpc) is 3.11. The van der Waals surface area contributed by atoms with Crippen molar-refractivity contribution in [1.29, 1.82) is 0 Å². The number of rotatable bonds is 0. The van der Waals surface area contributed by atoms with Crippen molar-refractivity contribution in [1.82, 2.24) is 0 Å². The highest BCUT2D eigenvalue weighted by Crippen LogP contribution is 2.41. The van der Waals surface area contributed by atoms with E-state index in [9.17, 15) is 0 Å². The van der Waals surface area contributed by atoms with Crippen LogP contribution in [0, 0.1) is 0 Å². The van der Waals surface area contributed by atoms with Crippen LogP contribution in [0.1, 0.15) is 58.2 Å². The standard InChI is InChI=1S/C29H36BN/c1-28(2,3)21-17-20-19-31(7,8)30(27(20)24(18-21)29(4,5)6)25-15-11-9-13-22(25)23-14-10-12-16-26(23)30/h9-18H,19H2,1-8H3. The smallest absolute Gasteiger partial charge is 0.292 e. The van der Waals surface area contributed by atoms with E-state index >= 15 is 0 Å². The van der Waals surface area contributed by atoms with E-state index in [1.165, 1.54) is 33.2 Å². The van der Waals surface area contributed by atoms with Gasteiger partial charge in [0.15, 0.2) is 0 Å². The molecule has 5 rings (SSSR count). The van der Waals surface area contributed by atoms with E-state index in [0.717, 1.165) is 10.9 Å². The van der Waals surface area contributed by atoms with Crippen LogP contribution >= 0.6 is 0 Å². The highest BCUT2D eigenvalue weighted by Gasteiger charge is 2.57. The Kier molecular flexibility index (Phi) is 4.07. The highest BCUT2D eigenvalue weighted by atomic mass is 15.3. The van der Waals surface area contributed by atoms with Crippen LogP contribution < -0.4 is 16.4 Å². The molecular formula is C29H36BN. The molecule has 31 heavy (non-hydrogen) atoms. The molecule has 0 aliphatic carbocycles. The fraction of sp³-hybridized carbons (Fsp3) is 0.379. The van der Waals surface area contributed by atoms with Crippen molar-refractivity contribution >= 4 is 22.7 Å². The van der Waals surface area contributed by atoms with E-state index in [4.69, 9.17) is 0 Å². The molecule has 2 heterocycles. The molecule has 160 valence electrons. The van der Waals surface area contributed by atoms with E-state index in [1.807, 2.05) is 0 Å². The molecule has 0 N–H and O–H groups in total. The third kappa shape index (κ3) is 2.61. The Balaban J connectivity index is 1.98. The molecular weight excluding hydrogens is 373 g/mol. The summed E-state index contributed by atoms with van der Waals surface area (Å²) in [5.41, 5.74) is 12.3. The summed E-state index contributed by atoms with van der Waals surface area (Å²) in [6.45, 7) is 15.3. The summed E-state index contributed by atoms with van der Waals surface area (Å²) in [5.74, 6) is 0. The lowest BCUT2D eigenvalue weighted by Crippen LogP contribution is -2.78. The molecule has 0 unspecified atom stereocenters. The summed E-state index contributed by atoms with van der Waals surface area (Å²) in [7, 11) is 4.92. The van der Waals surface area contributed by atoms with Crippen molar-refractivity contribution in [2.45, 2.75) is 58.9 Å². The average molecular weight is 409 g/mol. The van der Waals surface area contributed by atoms with Gasteiger partial charge < -0.3 is 4.39 Å². The first-order valence-corrected chi connectivity index (χ1v) is 11.7. The third-order valence-electron chi connectivity index (χ3n) is 8.10. The third-order valence-corrected chi connectivity index (χ3v) is 8.10. The predicted octanol–water partition coefficient (Wildman–Crippen LogP) is 4.82. The number of hydrogen-bond donors (Lipinski definition) is 0. The van der Waals surface area contributed by atoms with Crippen molar-refractivity contribution in [2.24, 2.45) is 0 Å². The summed E-state index contributed by atoms with van der Waals surface area (Å²) in [5, 5.41) is 0. The molecule has 2 aliphatic rings. The van der Waals surface area contributed by atoms with Crippen molar-refractivity contribution in [3.63, 3.8) is 0 Å². The van der Waals surface area contributed by atoms with Crippen LogP contribution in [-0.4, -0.2) is 24.8 Å². The fourth-order valence-electron chi connectivity index (χ4n) is 6.76. The maximum atomic E-state index is 2.54. The predicted molar refractivity (Wildman–Crippen MR) is 136 cm³/mol. The van der Waals surface area contributed by atoms with Gasteiger partial charge in [-0.2, -0.15) is 0 Å². The van der Waals surface area contributed by atoms with Crippen molar-refractivity contribution < 1.29 is 4.39 Å². The quantitative estimate of drug-likeness (QED) is 0.467. The molecule has 0 atom stereocenters. The molecule has 0 amide bonds. The Morgan fingerprint density at radius 2 is 1.23 bits per heavy atom. The minimum absolute atomic E-state index is 0.0803. The minimum Gasteiger partial charge on any atom is -0.505 e. The molecule has 0 radical (unpaired) electrons. The number of fused-ring (bicyclic) bond motifs is 7. The highest BCUT2D eigenvalue weighted by molar-refractivity contribution is 7.10. The first-order chi connectivity index (χ1) is 14.4. The summed E-state index contributed by atoms with van der Waals surface area (Å²) in [4.78, 5) is 0. The molecule has 1 nitrogen and oxygen atoms in total. The Morgan fingerprint density at radius 1 is 0.710 bits per heavy atom. The second-order valence-electron chi connectivity index (χ2n) is 12.5. The molecule has 1 spiro atoms. The molecule has 0 bridgehead atoms. The van der Waals surface area contributed by atoms with Gasteiger partial charge in [0.05, 0.1) is 6.54 Å². The second-order valence-corrected chi connectivity index (χ2v) is 12.5. The SMILES string of the molecule is CC(C)(C)c1cc2c(c(C(C)(C)C)c1)[B-]1(c3ccccc3-c3ccccc31)[N+](C)(C)C2. The van der Waals surface area contributed by atoms with E-state index in [-0.39, 0.29) is 10.8 Å². The van der Waals surface area contributed by atoms with E-state index < -0.39 is 6.28 Å². The lowest BCUT2D eigenvalue weighted by atomic mass is 9.24. The van der Waals surface area contributed by atoms with Crippen LogP contribution in [0.25, 0.3) is 11.1 Å². The Morgan fingerprint density at radius 3 is 1.71 bits per heavy atom. The second kappa shape index (κ2) is 6.14. The Hall–Kier alpha value is -2.32. The molecule has 0 saturated heterocycles. The van der Waals surface area contributed by atoms with Crippen molar-refractivity contribution in [2.75, 3.05) is 14.1 Å². The number of nitrogens with zero attached hydrogens (tertiary/aromatic N) is 1. The molecule has 2 heteroatoms. The fourth-order valence-corrected chi connectivity index (χ4v) is 6.76. The Bertz CT molecular complexity index is 1160. The summed E-state index contributed by atoms with van der Waals surface area (Å²) >= 11 is 0. The largest absolute Gasteiger partial charge is 0.505 e. The van der Waals surface area contributed by atoms with Gasteiger partial charge in [-0.1, -0.05) is 108 Å². The van der Waals surface area contributed by atoms with Gasteiger partial charge in [0, 0.05) is 14.1 Å². The molecule has 0 saturated carbocycles. The molecule has 0 aromatic heterocycles. The lowest BCUT2D eigenvalue weighted by Gasteiger charge is -2.51. The van der Waals surface area contributed by atoms with Gasteiger partial charge in [-0.15, -0.1) is 16.4 Å². The zero-order valence-electron chi connectivity index (χ0n) is 20.5. The van der Waals surface area contributed by atoms with Gasteiger partial charge in [0.25, 0.3) is 6.28 Å². The van der Waals surface area contributed by atoms with Crippen LogP contribution in [-0.2, 0) is 17.4 Å². The van der Waals surface area contributed by atoms with Gasteiger partial charge in [0.1, 0.15) is 0 Å². The maximum absolute atomic E-state index is 2.54. The van der Waals surface area contributed by atoms with Crippen LogP contribution in [0.4, 0.5) is 0 Å². The summed E-state index contributed by atoms with van der Waals surface area (Å²) in [6.07, 6.45) is -1.11. The number of hydrogen-bond acceptors (Lipinski definition) is 0. The summed E-state index contributed by atoms with van der Waals surface area (Å²) in [6, 6.07) is 23.5. The number of quaternary nitrogens is 1. The minimum atomic E-state index is -1.11. The zero-order valence-corrected chi connectivity index (χ0v) is 20.5. The first kappa shape index (κ1) is 20.6. The van der Waals surface area contributed by atoms with Gasteiger partial charge in [-0.05, 0) is 33.1 Å². The van der Waals surface area contributed by atoms with Crippen LogP contribution in [0.2, 0.25) is 0 Å². The van der Waals surface area contributed by atoms with Crippen molar-refractivity contribution in [3.8, 4) is 11.1 Å². The zero-order chi connectivity index (χ0) is 22.4. The maximum Gasteiger partial charge on any atom is 0.292 e. The van der Waals surface area contributed by atoms with Gasteiger partial charge in [-0.25, -0.2) is 0 Å². The van der Waals surface area contributed by atoms with Gasteiger partial charge in [-0.3, -0.25) is 0 Å². The molecule has 3 aromatic rings. The van der Waals surface area contributed by atoms with E-state index in [1.54, 1.807) is 11.0 Å². The molecule has 2 aliphatic heterocycles. The van der Waals surface area contributed by atoms with E-state index in [0.29, 0.717) is 0 Å². The first-order valence-electron chi connectivity index (χ1n) is 11.7. The van der Waals surface area contributed by atoms with Crippen LogP contribution in [0.3, 0.4) is 0 Å². The van der Waals surface area contributed by atoms with Gasteiger partial charge >= 0.3 is 0 Å². The van der Waals surface area contributed by atoms with Gasteiger partial charge in [0.2, 0.25) is 0 Å². The van der Waals surface area contributed by atoms with Crippen molar-refractivity contribution in [3.05, 3.63) is 77.4 Å². The summed E-state index contributed by atoms with van der Waals surface area (Å²) < 4.78 is 0.986.